The number of carbonyl (C=O) groups is 2. The molecule has 0 spiro atoms. The molecule has 0 aliphatic heterocycles. The molecule has 2 atom stereocenters. The standard InChI is InChI=1S/C22H26F2N4O4S/c1-33(31,32)28-15-4-2-3-14(9-15)22(30)27-8-7-26-21(29)12-20(25)16-6-5-13-10-18(23)19(24)11-17(13)16/h2-4,9-11,16,20,28H,5-8,12,25H2,1H3,(H,26,29)(H,27,30)/t16-,20-/m0/s1. The number of nitrogens with two attached hydrogens (primary N) is 1. The van der Waals surface area contributed by atoms with E-state index in [0.29, 0.717) is 24.0 Å². The van der Waals surface area contributed by atoms with E-state index in [-0.39, 0.29) is 42.6 Å². The van der Waals surface area contributed by atoms with Crippen LogP contribution >= 0.6 is 0 Å². The zero-order valence-electron chi connectivity index (χ0n) is 18.0. The third-order valence-electron chi connectivity index (χ3n) is 5.40. The van der Waals surface area contributed by atoms with E-state index >= 15 is 0 Å². The lowest BCUT2D eigenvalue weighted by molar-refractivity contribution is -0.121. The predicted molar refractivity (Wildman–Crippen MR) is 120 cm³/mol. The van der Waals surface area contributed by atoms with Crippen molar-refractivity contribution in [2.24, 2.45) is 5.73 Å². The van der Waals surface area contributed by atoms with Crippen molar-refractivity contribution in [3.63, 3.8) is 0 Å². The van der Waals surface area contributed by atoms with Crippen molar-refractivity contribution in [2.75, 3.05) is 24.1 Å². The van der Waals surface area contributed by atoms with Gasteiger partial charge in [-0.3, -0.25) is 14.3 Å². The molecule has 0 radical (unpaired) electrons. The molecule has 178 valence electrons. The Balaban J connectivity index is 1.44. The molecule has 11 heteroatoms. The van der Waals surface area contributed by atoms with Gasteiger partial charge in [0.25, 0.3) is 5.91 Å². The molecule has 33 heavy (non-hydrogen) atoms. The van der Waals surface area contributed by atoms with E-state index in [0.717, 1.165) is 12.3 Å². The number of halogens is 2. The van der Waals surface area contributed by atoms with Crippen molar-refractivity contribution in [3.8, 4) is 0 Å². The summed E-state index contributed by atoms with van der Waals surface area (Å²) in [6, 6.07) is 7.82. The molecule has 0 saturated carbocycles. The van der Waals surface area contributed by atoms with Gasteiger partial charge in [-0.15, -0.1) is 0 Å². The number of benzene rings is 2. The number of aryl methyl sites for hydroxylation is 1. The Morgan fingerprint density at radius 3 is 2.55 bits per heavy atom. The maximum absolute atomic E-state index is 13.6. The molecule has 0 saturated heterocycles. The van der Waals surface area contributed by atoms with Gasteiger partial charge in [-0.1, -0.05) is 6.07 Å². The van der Waals surface area contributed by atoms with Crippen LogP contribution in [0.4, 0.5) is 14.5 Å². The van der Waals surface area contributed by atoms with Crippen molar-refractivity contribution in [3.05, 3.63) is 64.7 Å². The second kappa shape index (κ2) is 10.3. The average molecular weight is 481 g/mol. The first-order valence-electron chi connectivity index (χ1n) is 10.4. The number of sulfonamides is 1. The summed E-state index contributed by atoms with van der Waals surface area (Å²) in [6.45, 7) is 0.319. The SMILES string of the molecule is CS(=O)(=O)Nc1cccc(C(=O)NCCNC(=O)C[C@H](N)[C@H]2CCc3cc(F)c(F)cc32)c1. The van der Waals surface area contributed by atoms with Crippen molar-refractivity contribution in [2.45, 2.75) is 31.2 Å². The number of hydrogen-bond acceptors (Lipinski definition) is 5. The van der Waals surface area contributed by atoms with Crippen LogP contribution in [0.2, 0.25) is 0 Å². The van der Waals surface area contributed by atoms with Crippen molar-refractivity contribution < 1.29 is 26.8 Å². The lowest BCUT2D eigenvalue weighted by Crippen LogP contribution is -2.38. The monoisotopic (exact) mass is 480 g/mol. The smallest absolute Gasteiger partial charge is 0.251 e. The molecule has 0 unspecified atom stereocenters. The fraction of sp³-hybridized carbons (Fsp3) is 0.364. The Morgan fingerprint density at radius 1 is 1.12 bits per heavy atom. The normalized spacial score (nSPS) is 16.1. The summed E-state index contributed by atoms with van der Waals surface area (Å²) in [7, 11) is -3.46. The van der Waals surface area contributed by atoms with Crippen LogP contribution in [0.15, 0.2) is 36.4 Å². The first kappa shape index (κ1) is 24.6. The summed E-state index contributed by atoms with van der Waals surface area (Å²) in [4.78, 5) is 24.5. The topological polar surface area (TPSA) is 130 Å². The number of fused-ring (bicyclic) bond motifs is 1. The molecular formula is C22H26F2N4O4S. The zero-order valence-corrected chi connectivity index (χ0v) is 18.8. The van der Waals surface area contributed by atoms with Gasteiger partial charge in [0, 0.05) is 42.7 Å². The van der Waals surface area contributed by atoms with Gasteiger partial charge >= 0.3 is 0 Å². The number of anilines is 1. The van der Waals surface area contributed by atoms with Gasteiger partial charge in [0.2, 0.25) is 15.9 Å². The van der Waals surface area contributed by atoms with Gasteiger partial charge in [-0.25, -0.2) is 17.2 Å². The Hall–Kier alpha value is -3.05. The van der Waals surface area contributed by atoms with E-state index in [4.69, 9.17) is 5.73 Å². The molecule has 0 heterocycles. The summed E-state index contributed by atoms with van der Waals surface area (Å²) < 4.78 is 51.9. The minimum atomic E-state index is -3.46. The van der Waals surface area contributed by atoms with Gasteiger partial charge in [-0.05, 0) is 54.3 Å². The van der Waals surface area contributed by atoms with Crippen LogP contribution < -0.4 is 21.1 Å². The van der Waals surface area contributed by atoms with Gasteiger partial charge in [0.1, 0.15) is 0 Å². The zero-order chi connectivity index (χ0) is 24.2. The molecule has 3 rings (SSSR count). The highest BCUT2D eigenvalue weighted by molar-refractivity contribution is 7.92. The second-order valence-corrected chi connectivity index (χ2v) is 9.79. The highest BCUT2D eigenvalue weighted by atomic mass is 32.2. The number of rotatable bonds is 9. The lowest BCUT2D eigenvalue weighted by atomic mass is 9.91. The molecule has 0 fully saturated rings. The van der Waals surface area contributed by atoms with E-state index in [1.165, 1.54) is 24.3 Å². The average Bonchev–Trinajstić information content (AvgIpc) is 3.13. The quantitative estimate of drug-likeness (QED) is 0.405. The fourth-order valence-corrected chi connectivity index (χ4v) is 4.48. The summed E-state index contributed by atoms with van der Waals surface area (Å²) in [6.07, 6.45) is 2.23. The van der Waals surface area contributed by atoms with Crippen LogP contribution in [0.5, 0.6) is 0 Å². The molecule has 8 nitrogen and oxygen atoms in total. The first-order chi connectivity index (χ1) is 15.5. The molecule has 5 N–H and O–H groups in total. The van der Waals surface area contributed by atoms with E-state index in [1.54, 1.807) is 6.07 Å². The van der Waals surface area contributed by atoms with Gasteiger partial charge in [-0.2, -0.15) is 0 Å². The molecular weight excluding hydrogens is 454 g/mol. The van der Waals surface area contributed by atoms with E-state index < -0.39 is 33.6 Å². The maximum Gasteiger partial charge on any atom is 0.251 e. The third kappa shape index (κ3) is 6.72. The number of carbonyl (C=O) groups excluding carboxylic acids is 2. The largest absolute Gasteiger partial charge is 0.354 e. The lowest BCUT2D eigenvalue weighted by Gasteiger charge is -2.20. The fourth-order valence-electron chi connectivity index (χ4n) is 3.92. The third-order valence-corrected chi connectivity index (χ3v) is 6.01. The Kier molecular flexibility index (Phi) is 7.65. The second-order valence-electron chi connectivity index (χ2n) is 8.04. The van der Waals surface area contributed by atoms with Gasteiger partial charge < -0.3 is 16.4 Å². The maximum atomic E-state index is 13.6. The first-order valence-corrected chi connectivity index (χ1v) is 12.3. The highest BCUT2D eigenvalue weighted by Gasteiger charge is 2.30. The van der Waals surface area contributed by atoms with Crippen LogP contribution in [-0.4, -0.2) is 45.6 Å². The number of nitrogens with one attached hydrogen (secondary N) is 3. The summed E-state index contributed by atoms with van der Waals surface area (Å²) in [5, 5.41) is 5.31. The molecule has 1 aliphatic rings. The predicted octanol–water partition coefficient (Wildman–Crippen LogP) is 1.63. The van der Waals surface area contributed by atoms with Crippen molar-refractivity contribution in [1.29, 1.82) is 0 Å². The number of hydrogen-bond donors (Lipinski definition) is 4. The molecule has 2 amide bonds. The van der Waals surface area contributed by atoms with Crippen LogP contribution in [0, 0.1) is 11.6 Å². The Labute approximate surface area is 191 Å². The van der Waals surface area contributed by atoms with Crippen LogP contribution in [0.3, 0.4) is 0 Å². The van der Waals surface area contributed by atoms with E-state index in [1.807, 2.05) is 0 Å². The Morgan fingerprint density at radius 2 is 1.82 bits per heavy atom. The van der Waals surface area contributed by atoms with Crippen molar-refractivity contribution >= 4 is 27.5 Å². The van der Waals surface area contributed by atoms with Crippen LogP contribution in [-0.2, 0) is 21.2 Å². The van der Waals surface area contributed by atoms with Crippen molar-refractivity contribution in [1.82, 2.24) is 10.6 Å². The molecule has 2 aromatic rings. The summed E-state index contributed by atoms with van der Waals surface area (Å²) in [5.74, 6) is -2.78. The number of amides is 2. The minimum absolute atomic E-state index is 0.0102. The van der Waals surface area contributed by atoms with Gasteiger partial charge in [0.05, 0.1) is 6.26 Å². The Bertz CT molecular complexity index is 1160. The summed E-state index contributed by atoms with van der Waals surface area (Å²) in [5.41, 5.74) is 8.07. The molecule has 1 aliphatic carbocycles. The summed E-state index contributed by atoms with van der Waals surface area (Å²) >= 11 is 0. The molecule has 0 aromatic heterocycles. The van der Waals surface area contributed by atoms with Crippen LogP contribution in [0.1, 0.15) is 40.2 Å². The van der Waals surface area contributed by atoms with E-state index in [2.05, 4.69) is 15.4 Å². The van der Waals surface area contributed by atoms with E-state index in [9.17, 15) is 26.8 Å². The van der Waals surface area contributed by atoms with Crippen LogP contribution in [0.25, 0.3) is 0 Å². The molecule has 2 aromatic carbocycles. The highest BCUT2D eigenvalue weighted by Crippen LogP contribution is 2.36. The molecule has 0 bridgehead atoms. The van der Waals surface area contributed by atoms with Gasteiger partial charge in [0.15, 0.2) is 11.6 Å². The minimum Gasteiger partial charge on any atom is -0.354 e.